The summed E-state index contributed by atoms with van der Waals surface area (Å²) >= 11 is 1.68. The number of aromatic nitrogens is 1. The topological polar surface area (TPSA) is 25.2 Å². The van der Waals surface area contributed by atoms with Crippen molar-refractivity contribution in [3.8, 4) is 0 Å². The monoisotopic (exact) mass is 338 g/mol. The number of hydrogen-bond donors (Lipinski definition) is 0. The van der Waals surface area contributed by atoms with Crippen molar-refractivity contribution in [3.05, 3.63) is 70.8 Å². The van der Waals surface area contributed by atoms with E-state index >= 15 is 0 Å². The predicted molar refractivity (Wildman–Crippen MR) is 101 cm³/mol. The summed E-state index contributed by atoms with van der Waals surface area (Å²) in [5.41, 5.74) is 4.28. The summed E-state index contributed by atoms with van der Waals surface area (Å²) in [5, 5.41) is 2.08. The number of carbonyl (C=O) groups excluding carboxylic acids is 1. The molecule has 24 heavy (non-hydrogen) atoms. The average molecular weight is 338 g/mol. The van der Waals surface area contributed by atoms with Gasteiger partial charge in [0, 0.05) is 20.1 Å². The first-order chi connectivity index (χ1) is 11.6. The number of rotatable bonds is 5. The van der Waals surface area contributed by atoms with Gasteiger partial charge in [0.2, 0.25) is 0 Å². The lowest BCUT2D eigenvalue weighted by atomic mass is 10.2. The Bertz CT molecular complexity index is 870. The molecule has 0 spiro atoms. The van der Waals surface area contributed by atoms with E-state index in [0.29, 0.717) is 6.54 Å². The fourth-order valence-corrected chi connectivity index (χ4v) is 3.57. The van der Waals surface area contributed by atoms with Crippen molar-refractivity contribution in [1.29, 1.82) is 0 Å². The van der Waals surface area contributed by atoms with Crippen LogP contribution in [0.1, 0.15) is 29.9 Å². The molecule has 0 aliphatic rings. The number of nitrogens with zero attached hydrogens (tertiary/aromatic N) is 2. The third-order valence-corrected chi connectivity index (χ3v) is 4.89. The van der Waals surface area contributed by atoms with Gasteiger partial charge in [-0.3, -0.25) is 4.79 Å². The third-order valence-electron chi connectivity index (χ3n) is 4.03. The standard InChI is InChI=1S/C20H22N2OS/c1-15(2)9-11-22-17-10-12-24-19(17)13-18(22)20(23)21(3)14-16-7-5-4-6-8-16/h4-10,12-13H,11,14H2,1-3H3. The number of amides is 1. The normalized spacial score (nSPS) is 10.8. The van der Waals surface area contributed by atoms with Gasteiger partial charge in [-0.1, -0.05) is 42.0 Å². The highest BCUT2D eigenvalue weighted by molar-refractivity contribution is 7.17. The zero-order valence-corrected chi connectivity index (χ0v) is 15.1. The van der Waals surface area contributed by atoms with E-state index < -0.39 is 0 Å². The molecule has 1 amide bonds. The zero-order valence-electron chi connectivity index (χ0n) is 14.3. The molecule has 0 radical (unpaired) electrons. The molecule has 1 aromatic carbocycles. The molecule has 0 atom stereocenters. The molecule has 3 nitrogen and oxygen atoms in total. The van der Waals surface area contributed by atoms with Crippen molar-refractivity contribution in [2.45, 2.75) is 26.9 Å². The van der Waals surface area contributed by atoms with Crippen LogP contribution in [0.3, 0.4) is 0 Å². The highest BCUT2D eigenvalue weighted by Gasteiger charge is 2.19. The van der Waals surface area contributed by atoms with Gasteiger partial charge in [-0.25, -0.2) is 0 Å². The predicted octanol–water partition coefficient (Wildman–Crippen LogP) is 4.94. The van der Waals surface area contributed by atoms with Gasteiger partial charge in [0.1, 0.15) is 5.69 Å². The van der Waals surface area contributed by atoms with Gasteiger partial charge in [0.15, 0.2) is 0 Å². The largest absolute Gasteiger partial charge is 0.336 e. The summed E-state index contributed by atoms with van der Waals surface area (Å²) in [4.78, 5) is 14.8. The second kappa shape index (κ2) is 7.05. The molecule has 124 valence electrons. The molecule has 0 unspecified atom stereocenters. The van der Waals surface area contributed by atoms with Crippen molar-refractivity contribution >= 4 is 27.5 Å². The number of allylic oxidation sites excluding steroid dienone is 2. The first-order valence-electron chi connectivity index (χ1n) is 8.05. The quantitative estimate of drug-likeness (QED) is 0.605. The van der Waals surface area contributed by atoms with Gasteiger partial charge < -0.3 is 9.47 Å². The molecule has 0 saturated carbocycles. The minimum atomic E-state index is 0.0596. The van der Waals surface area contributed by atoms with Crippen LogP contribution < -0.4 is 0 Å². The zero-order chi connectivity index (χ0) is 17.1. The van der Waals surface area contributed by atoms with Crippen molar-refractivity contribution in [3.63, 3.8) is 0 Å². The Morgan fingerprint density at radius 2 is 1.96 bits per heavy atom. The van der Waals surface area contributed by atoms with Crippen molar-refractivity contribution in [2.24, 2.45) is 0 Å². The van der Waals surface area contributed by atoms with Crippen molar-refractivity contribution in [1.82, 2.24) is 9.47 Å². The van der Waals surface area contributed by atoms with Gasteiger partial charge in [-0.05, 0) is 36.9 Å². The average Bonchev–Trinajstić information content (AvgIpc) is 3.14. The van der Waals surface area contributed by atoms with Crippen LogP contribution in [0, 0.1) is 0 Å². The van der Waals surface area contributed by atoms with E-state index in [-0.39, 0.29) is 5.91 Å². The number of fused-ring (bicyclic) bond motifs is 1. The van der Waals surface area contributed by atoms with Gasteiger partial charge in [-0.15, -0.1) is 11.3 Å². The van der Waals surface area contributed by atoms with Gasteiger partial charge >= 0.3 is 0 Å². The van der Waals surface area contributed by atoms with Gasteiger partial charge in [0.25, 0.3) is 5.91 Å². The summed E-state index contributed by atoms with van der Waals surface area (Å²) in [6.07, 6.45) is 2.16. The lowest BCUT2D eigenvalue weighted by Crippen LogP contribution is -2.28. The Hall–Kier alpha value is -2.33. The van der Waals surface area contributed by atoms with E-state index in [1.54, 1.807) is 16.2 Å². The number of benzene rings is 1. The van der Waals surface area contributed by atoms with E-state index in [9.17, 15) is 4.79 Å². The van der Waals surface area contributed by atoms with Gasteiger partial charge in [-0.2, -0.15) is 0 Å². The van der Waals surface area contributed by atoms with Crippen LogP contribution in [0.4, 0.5) is 0 Å². The van der Waals surface area contributed by atoms with Crippen LogP contribution in [0.2, 0.25) is 0 Å². The van der Waals surface area contributed by atoms with Crippen molar-refractivity contribution < 1.29 is 4.79 Å². The van der Waals surface area contributed by atoms with Crippen LogP contribution in [0.25, 0.3) is 10.2 Å². The Kier molecular flexibility index (Phi) is 4.86. The molecule has 0 N–H and O–H groups in total. The highest BCUT2D eigenvalue weighted by atomic mass is 32.1. The smallest absolute Gasteiger partial charge is 0.270 e. The molecule has 0 aliphatic heterocycles. The second-order valence-corrected chi connectivity index (χ2v) is 7.19. The van der Waals surface area contributed by atoms with E-state index in [2.05, 4.69) is 35.9 Å². The summed E-state index contributed by atoms with van der Waals surface area (Å²) in [7, 11) is 1.86. The maximum Gasteiger partial charge on any atom is 0.270 e. The Balaban J connectivity index is 1.89. The summed E-state index contributed by atoms with van der Waals surface area (Å²) in [6, 6.07) is 14.2. The fraction of sp³-hybridized carbons (Fsp3) is 0.250. The Morgan fingerprint density at radius 1 is 1.21 bits per heavy atom. The maximum atomic E-state index is 13.0. The van der Waals surface area contributed by atoms with Gasteiger partial charge in [0.05, 0.1) is 10.2 Å². The number of carbonyl (C=O) groups is 1. The van der Waals surface area contributed by atoms with Crippen LogP contribution in [-0.4, -0.2) is 22.4 Å². The molecule has 3 aromatic rings. The van der Waals surface area contributed by atoms with Crippen LogP contribution in [0.15, 0.2) is 59.5 Å². The first-order valence-corrected chi connectivity index (χ1v) is 8.93. The molecule has 0 fully saturated rings. The molecule has 2 aromatic heterocycles. The number of thiophene rings is 1. The molecule has 0 saturated heterocycles. The third kappa shape index (κ3) is 3.44. The molecular weight excluding hydrogens is 316 g/mol. The number of hydrogen-bond acceptors (Lipinski definition) is 2. The van der Waals surface area contributed by atoms with Crippen LogP contribution in [0.5, 0.6) is 0 Å². The summed E-state index contributed by atoms with van der Waals surface area (Å²) in [6.45, 7) is 5.50. The van der Waals surface area contributed by atoms with E-state index in [1.165, 1.54) is 5.57 Å². The maximum absolute atomic E-state index is 13.0. The fourth-order valence-electron chi connectivity index (χ4n) is 2.75. The molecule has 0 bridgehead atoms. The van der Waals surface area contributed by atoms with E-state index in [0.717, 1.165) is 28.0 Å². The van der Waals surface area contributed by atoms with E-state index in [1.807, 2.05) is 43.4 Å². The highest BCUT2D eigenvalue weighted by Crippen LogP contribution is 2.26. The summed E-state index contributed by atoms with van der Waals surface area (Å²) in [5.74, 6) is 0.0596. The lowest BCUT2D eigenvalue weighted by Gasteiger charge is -2.18. The molecular formula is C20H22N2OS. The molecule has 3 rings (SSSR count). The summed E-state index contributed by atoms with van der Waals surface area (Å²) < 4.78 is 3.27. The first kappa shape index (κ1) is 16.5. The molecule has 4 heteroatoms. The second-order valence-electron chi connectivity index (χ2n) is 6.24. The van der Waals surface area contributed by atoms with Crippen LogP contribution >= 0.6 is 11.3 Å². The Labute approximate surface area is 146 Å². The lowest BCUT2D eigenvalue weighted by molar-refractivity contribution is 0.0775. The van der Waals surface area contributed by atoms with Crippen molar-refractivity contribution in [2.75, 3.05) is 7.05 Å². The molecule has 0 aliphatic carbocycles. The Morgan fingerprint density at radius 3 is 2.67 bits per heavy atom. The SMILES string of the molecule is CC(C)=CCn1c(C(=O)N(C)Cc2ccccc2)cc2sccc21. The van der Waals surface area contributed by atoms with Crippen LogP contribution in [-0.2, 0) is 13.1 Å². The minimum Gasteiger partial charge on any atom is -0.336 e. The molecule has 2 heterocycles. The van der Waals surface area contributed by atoms with E-state index in [4.69, 9.17) is 0 Å². The minimum absolute atomic E-state index is 0.0596.